The number of fused-ring (bicyclic) bond motifs is 1. The lowest BCUT2D eigenvalue weighted by Crippen LogP contribution is -2.18. The van der Waals surface area contributed by atoms with E-state index in [0.29, 0.717) is 23.2 Å². The van der Waals surface area contributed by atoms with Gasteiger partial charge in [-0.15, -0.1) is 0 Å². The zero-order valence-corrected chi connectivity index (χ0v) is 22.9. The Morgan fingerprint density at radius 1 is 1.00 bits per heavy atom. The molecule has 10 heteroatoms. The summed E-state index contributed by atoms with van der Waals surface area (Å²) in [6, 6.07) is 16.8. The third-order valence-electron chi connectivity index (χ3n) is 6.14. The van der Waals surface area contributed by atoms with E-state index in [4.69, 9.17) is 19.2 Å². The van der Waals surface area contributed by atoms with Gasteiger partial charge in [0.05, 0.1) is 30.4 Å². The van der Waals surface area contributed by atoms with Crippen molar-refractivity contribution < 1.29 is 20.4 Å². The van der Waals surface area contributed by atoms with Gasteiger partial charge in [0.15, 0.2) is 0 Å². The number of aromatic nitrogens is 4. The molecule has 3 aromatic heterocycles. The number of rotatable bonds is 9. The largest absolute Gasteiger partial charge is 0.495 e. The summed E-state index contributed by atoms with van der Waals surface area (Å²) in [5.74, 6) is 2.88. The van der Waals surface area contributed by atoms with Crippen LogP contribution >= 0.6 is 0 Å². The number of anilines is 2. The number of methoxy groups -OCH3 is 1. The first-order valence-corrected chi connectivity index (χ1v) is 12.7. The summed E-state index contributed by atoms with van der Waals surface area (Å²) in [6.07, 6.45) is 5.00. The summed E-state index contributed by atoms with van der Waals surface area (Å²) in [5.41, 5.74) is 4.54. The van der Waals surface area contributed by atoms with E-state index in [9.17, 15) is 4.79 Å². The number of hydrogen-bond donors (Lipinski definition) is 2. The Morgan fingerprint density at radius 2 is 1.82 bits per heavy atom. The second-order valence-corrected chi connectivity index (χ2v) is 9.32. The molecule has 0 aliphatic rings. The van der Waals surface area contributed by atoms with Crippen LogP contribution in [0.15, 0.2) is 73.2 Å². The van der Waals surface area contributed by atoms with E-state index in [1.807, 2.05) is 67.9 Å². The molecule has 2 aromatic carbocycles. The fourth-order valence-corrected chi connectivity index (χ4v) is 4.21. The smallest absolute Gasteiger partial charge is 0.269 e. The second-order valence-electron chi connectivity index (χ2n) is 9.32. The summed E-state index contributed by atoms with van der Waals surface area (Å²) < 4.78 is 19.4. The summed E-state index contributed by atoms with van der Waals surface area (Å²) in [7, 11) is 5.12. The number of aryl methyl sites for hydroxylation is 1. The van der Waals surface area contributed by atoms with Crippen molar-refractivity contribution in [3.05, 3.63) is 78.9 Å². The molecule has 206 valence electrons. The maximum Gasteiger partial charge on any atom is 0.269 e. The van der Waals surface area contributed by atoms with E-state index in [1.165, 1.54) is 6.20 Å². The number of benzene rings is 2. The van der Waals surface area contributed by atoms with Crippen molar-refractivity contribution in [2.75, 3.05) is 19.5 Å². The second kappa shape index (κ2) is 11.3. The molecule has 0 saturated carbocycles. The summed E-state index contributed by atoms with van der Waals surface area (Å²) in [6.45, 7) is 3.99. The zero-order valence-electron chi connectivity index (χ0n) is 22.9. The third-order valence-corrected chi connectivity index (χ3v) is 6.14. The lowest BCUT2D eigenvalue weighted by molar-refractivity contribution is 0.0958. The minimum absolute atomic E-state index is 0. The molecule has 5 rings (SSSR count). The number of nitrogens with one attached hydrogen (secondary N) is 2. The minimum Gasteiger partial charge on any atom is -0.495 e. The Hall–Kier alpha value is -5.12. The molecular weight excluding hydrogens is 508 g/mol. The van der Waals surface area contributed by atoms with E-state index >= 15 is 0 Å². The molecule has 0 saturated heterocycles. The van der Waals surface area contributed by atoms with Crippen LogP contribution in [-0.4, -0.2) is 45.7 Å². The number of ether oxygens (including phenoxy) is 3. The van der Waals surface area contributed by atoms with Crippen molar-refractivity contribution in [3.63, 3.8) is 0 Å². The van der Waals surface area contributed by atoms with Crippen LogP contribution in [0.1, 0.15) is 25.8 Å². The molecule has 0 fully saturated rings. The molecule has 0 atom stereocenters. The summed E-state index contributed by atoms with van der Waals surface area (Å²) >= 11 is 0. The zero-order chi connectivity index (χ0) is 28.2. The van der Waals surface area contributed by atoms with Crippen molar-refractivity contribution >= 4 is 28.6 Å². The van der Waals surface area contributed by atoms with Crippen molar-refractivity contribution in [1.82, 2.24) is 24.8 Å². The molecule has 0 aliphatic carbocycles. The maximum atomic E-state index is 11.9. The standard InChI is InChI=1S/C30H30N6O4.H2/c1-18(2)39-28-9-6-20(13-24(28)19-12-23(38-5)17-32-16-19)34-30-35-25-14-21(7-8-27(25)36(30)4)40-22-10-11-33-26(15-22)29(37)31-3;/h6-18H,1-5H3,(H,31,37)(H,34,35);1H. The summed E-state index contributed by atoms with van der Waals surface area (Å²) in [4.78, 5) is 25.1. The highest BCUT2D eigenvalue weighted by Gasteiger charge is 2.14. The van der Waals surface area contributed by atoms with Gasteiger partial charge in [-0.05, 0) is 56.3 Å². The fraction of sp³-hybridized carbons (Fsp3) is 0.200. The predicted octanol–water partition coefficient (Wildman–Crippen LogP) is 5.97. The van der Waals surface area contributed by atoms with E-state index in [1.54, 1.807) is 38.7 Å². The van der Waals surface area contributed by atoms with Gasteiger partial charge in [0.2, 0.25) is 5.95 Å². The number of hydrogen-bond acceptors (Lipinski definition) is 8. The monoisotopic (exact) mass is 540 g/mol. The molecule has 40 heavy (non-hydrogen) atoms. The highest BCUT2D eigenvalue weighted by Crippen LogP contribution is 2.36. The van der Waals surface area contributed by atoms with E-state index < -0.39 is 0 Å². The molecule has 0 bridgehead atoms. The Labute approximate surface area is 233 Å². The van der Waals surface area contributed by atoms with Crippen LogP contribution in [0.4, 0.5) is 11.6 Å². The van der Waals surface area contributed by atoms with Crippen LogP contribution in [0.5, 0.6) is 23.0 Å². The lowest BCUT2D eigenvalue weighted by Gasteiger charge is -2.16. The molecular formula is C30H32N6O4. The third kappa shape index (κ3) is 5.65. The van der Waals surface area contributed by atoms with Gasteiger partial charge in [0.25, 0.3) is 5.91 Å². The SMILES string of the molecule is CNC(=O)c1cc(Oc2ccc3c(c2)nc(Nc2ccc(OC(C)C)c(-c4cncc(OC)c4)c2)n3C)ccn1.[HH]. The highest BCUT2D eigenvalue weighted by atomic mass is 16.5. The Kier molecular flexibility index (Phi) is 7.50. The number of imidazole rings is 1. The van der Waals surface area contributed by atoms with Crippen molar-refractivity contribution in [1.29, 1.82) is 0 Å². The number of pyridine rings is 2. The van der Waals surface area contributed by atoms with Gasteiger partial charge in [-0.2, -0.15) is 0 Å². The highest BCUT2D eigenvalue weighted by molar-refractivity contribution is 5.92. The first-order valence-electron chi connectivity index (χ1n) is 12.7. The molecule has 1 amide bonds. The van der Waals surface area contributed by atoms with Gasteiger partial charge < -0.3 is 29.4 Å². The van der Waals surface area contributed by atoms with Gasteiger partial charge in [-0.1, -0.05) is 0 Å². The van der Waals surface area contributed by atoms with Crippen molar-refractivity contribution in [2.45, 2.75) is 20.0 Å². The van der Waals surface area contributed by atoms with Gasteiger partial charge in [0.1, 0.15) is 28.7 Å². The maximum absolute atomic E-state index is 11.9. The molecule has 0 radical (unpaired) electrons. The molecule has 5 aromatic rings. The predicted molar refractivity (Wildman–Crippen MR) is 156 cm³/mol. The quantitative estimate of drug-likeness (QED) is 0.235. The average molecular weight is 541 g/mol. The van der Waals surface area contributed by atoms with E-state index in [2.05, 4.69) is 20.6 Å². The number of amides is 1. The Bertz CT molecular complexity index is 1690. The van der Waals surface area contributed by atoms with Gasteiger partial charge in [-0.3, -0.25) is 14.8 Å². The first-order chi connectivity index (χ1) is 19.3. The minimum atomic E-state index is -0.282. The molecule has 0 spiro atoms. The lowest BCUT2D eigenvalue weighted by atomic mass is 10.1. The number of carbonyl (C=O) groups is 1. The first kappa shape index (κ1) is 26.5. The topological polar surface area (TPSA) is 112 Å². The van der Waals surface area contributed by atoms with Crippen LogP contribution in [0.25, 0.3) is 22.2 Å². The molecule has 2 N–H and O–H groups in total. The van der Waals surface area contributed by atoms with Gasteiger partial charge in [-0.25, -0.2) is 4.98 Å². The van der Waals surface area contributed by atoms with E-state index in [-0.39, 0.29) is 19.1 Å². The molecule has 0 unspecified atom stereocenters. The van der Waals surface area contributed by atoms with Crippen LogP contribution < -0.4 is 24.8 Å². The molecule has 10 nitrogen and oxygen atoms in total. The Morgan fingerprint density at radius 3 is 2.60 bits per heavy atom. The van der Waals surface area contributed by atoms with Crippen LogP contribution in [0.2, 0.25) is 0 Å². The summed E-state index contributed by atoms with van der Waals surface area (Å²) in [5, 5.41) is 5.99. The van der Waals surface area contributed by atoms with E-state index in [0.717, 1.165) is 33.6 Å². The number of nitrogens with zero attached hydrogens (tertiary/aromatic N) is 4. The average Bonchev–Trinajstić information content (AvgIpc) is 3.27. The van der Waals surface area contributed by atoms with Crippen molar-refractivity contribution in [2.24, 2.45) is 7.05 Å². The van der Waals surface area contributed by atoms with Gasteiger partial charge in [0, 0.05) is 56.9 Å². The van der Waals surface area contributed by atoms with Crippen LogP contribution in [-0.2, 0) is 7.05 Å². The molecule has 3 heterocycles. The molecule has 0 aliphatic heterocycles. The number of carbonyl (C=O) groups excluding carboxylic acids is 1. The van der Waals surface area contributed by atoms with Crippen LogP contribution in [0, 0.1) is 0 Å². The normalized spacial score (nSPS) is 10.9. The van der Waals surface area contributed by atoms with Crippen molar-refractivity contribution in [3.8, 4) is 34.1 Å². The van der Waals surface area contributed by atoms with Crippen LogP contribution in [0.3, 0.4) is 0 Å². The van der Waals surface area contributed by atoms with Gasteiger partial charge >= 0.3 is 0 Å². The fourth-order valence-electron chi connectivity index (χ4n) is 4.21. The Balaban J connectivity index is 0.00000387.